The summed E-state index contributed by atoms with van der Waals surface area (Å²) < 4.78 is 5.74. The highest BCUT2D eigenvalue weighted by molar-refractivity contribution is 6.31. The van der Waals surface area contributed by atoms with Crippen molar-refractivity contribution in [1.29, 1.82) is 0 Å². The zero-order valence-electron chi connectivity index (χ0n) is 11.7. The van der Waals surface area contributed by atoms with Gasteiger partial charge >= 0.3 is 0 Å². The van der Waals surface area contributed by atoms with Crippen molar-refractivity contribution in [2.45, 2.75) is 19.8 Å². The highest BCUT2D eigenvalue weighted by Crippen LogP contribution is 2.22. The van der Waals surface area contributed by atoms with Crippen molar-refractivity contribution in [3.63, 3.8) is 0 Å². The van der Waals surface area contributed by atoms with Crippen molar-refractivity contribution >= 4 is 17.3 Å². The molecule has 0 amide bonds. The van der Waals surface area contributed by atoms with Gasteiger partial charge in [-0.2, -0.15) is 0 Å². The topological polar surface area (TPSA) is 21.3 Å². The molecule has 2 rings (SSSR count). The van der Waals surface area contributed by atoms with E-state index in [0.717, 1.165) is 41.4 Å². The number of ether oxygens (including phenoxy) is 1. The first-order valence-electron chi connectivity index (χ1n) is 6.99. The van der Waals surface area contributed by atoms with Crippen LogP contribution in [0.4, 0.5) is 5.69 Å². The lowest BCUT2D eigenvalue weighted by Crippen LogP contribution is -2.07. The summed E-state index contributed by atoms with van der Waals surface area (Å²) in [4.78, 5) is 0. The Morgan fingerprint density at radius 2 is 1.90 bits per heavy atom. The van der Waals surface area contributed by atoms with Gasteiger partial charge in [-0.05, 0) is 48.7 Å². The zero-order chi connectivity index (χ0) is 14.2. The third kappa shape index (κ3) is 4.46. The Balaban J connectivity index is 1.71. The van der Waals surface area contributed by atoms with Crippen LogP contribution in [0.5, 0.6) is 5.75 Å². The minimum atomic E-state index is 0.699. The molecule has 0 aliphatic carbocycles. The molecule has 0 aliphatic heterocycles. The number of para-hydroxylation sites is 1. The van der Waals surface area contributed by atoms with Crippen molar-refractivity contribution in [1.82, 2.24) is 0 Å². The Hall–Kier alpha value is -1.67. The molecule has 20 heavy (non-hydrogen) atoms. The fraction of sp³-hybridized carbons (Fsp3) is 0.294. The largest absolute Gasteiger partial charge is 0.494 e. The second kappa shape index (κ2) is 7.81. The average molecular weight is 290 g/mol. The Morgan fingerprint density at radius 1 is 1.10 bits per heavy atom. The van der Waals surface area contributed by atoms with E-state index in [1.165, 1.54) is 0 Å². The lowest BCUT2D eigenvalue weighted by Gasteiger charge is -2.09. The van der Waals surface area contributed by atoms with Crippen LogP contribution in [-0.4, -0.2) is 13.2 Å². The fourth-order valence-corrected chi connectivity index (χ4v) is 2.21. The normalized spacial score (nSPS) is 10.3. The van der Waals surface area contributed by atoms with Crippen molar-refractivity contribution in [3.8, 4) is 5.75 Å². The molecule has 0 aromatic heterocycles. The van der Waals surface area contributed by atoms with Crippen LogP contribution in [-0.2, 0) is 6.42 Å². The maximum Gasteiger partial charge on any atom is 0.119 e. The van der Waals surface area contributed by atoms with Gasteiger partial charge in [-0.25, -0.2) is 0 Å². The predicted molar refractivity (Wildman–Crippen MR) is 85.9 cm³/mol. The van der Waals surface area contributed by atoms with E-state index in [0.29, 0.717) is 6.61 Å². The maximum absolute atomic E-state index is 6.08. The summed E-state index contributed by atoms with van der Waals surface area (Å²) in [6, 6.07) is 16.0. The summed E-state index contributed by atoms with van der Waals surface area (Å²) in [6.45, 7) is 3.69. The van der Waals surface area contributed by atoms with Gasteiger partial charge in [0, 0.05) is 17.3 Å². The SMILES string of the molecule is CCc1cc(OCCCNc2ccccc2)ccc1Cl. The minimum Gasteiger partial charge on any atom is -0.494 e. The van der Waals surface area contributed by atoms with Crippen LogP contribution in [0.15, 0.2) is 48.5 Å². The first kappa shape index (κ1) is 14.7. The van der Waals surface area contributed by atoms with Crippen LogP contribution in [0, 0.1) is 0 Å². The molecule has 2 aromatic carbocycles. The number of aryl methyl sites for hydroxylation is 1. The lowest BCUT2D eigenvalue weighted by atomic mass is 10.1. The van der Waals surface area contributed by atoms with Gasteiger partial charge in [-0.15, -0.1) is 0 Å². The average Bonchev–Trinajstić information content (AvgIpc) is 2.49. The summed E-state index contributed by atoms with van der Waals surface area (Å²) in [5, 5.41) is 4.17. The van der Waals surface area contributed by atoms with Gasteiger partial charge in [0.15, 0.2) is 0 Å². The molecule has 2 aromatic rings. The standard InChI is InChI=1S/C17H20ClNO/c1-2-14-13-16(9-10-17(14)18)20-12-6-11-19-15-7-4-3-5-8-15/h3-5,7-10,13,19H,2,6,11-12H2,1H3. The molecule has 0 saturated heterocycles. The van der Waals surface area contributed by atoms with Crippen LogP contribution in [0.1, 0.15) is 18.9 Å². The van der Waals surface area contributed by atoms with E-state index < -0.39 is 0 Å². The molecule has 0 fully saturated rings. The van der Waals surface area contributed by atoms with Gasteiger partial charge in [-0.1, -0.05) is 36.7 Å². The molecule has 0 aliphatic rings. The van der Waals surface area contributed by atoms with Gasteiger partial charge in [0.2, 0.25) is 0 Å². The van der Waals surface area contributed by atoms with Crippen LogP contribution in [0.3, 0.4) is 0 Å². The Morgan fingerprint density at radius 3 is 2.65 bits per heavy atom. The monoisotopic (exact) mass is 289 g/mol. The molecule has 0 radical (unpaired) electrons. The second-order valence-corrected chi connectivity index (χ2v) is 5.01. The number of nitrogens with one attached hydrogen (secondary N) is 1. The van der Waals surface area contributed by atoms with Crippen LogP contribution in [0.2, 0.25) is 5.02 Å². The first-order chi connectivity index (χ1) is 9.79. The molecule has 3 heteroatoms. The van der Waals surface area contributed by atoms with E-state index in [2.05, 4.69) is 24.4 Å². The molecular weight excluding hydrogens is 270 g/mol. The summed E-state index contributed by atoms with van der Waals surface area (Å²) in [5.41, 5.74) is 2.28. The van der Waals surface area contributed by atoms with Crippen molar-refractivity contribution in [2.24, 2.45) is 0 Å². The number of halogens is 1. The highest BCUT2D eigenvalue weighted by atomic mass is 35.5. The molecule has 1 N–H and O–H groups in total. The Labute approximate surface area is 125 Å². The molecule has 0 atom stereocenters. The molecule has 2 nitrogen and oxygen atoms in total. The predicted octanol–water partition coefficient (Wildman–Crippen LogP) is 4.78. The highest BCUT2D eigenvalue weighted by Gasteiger charge is 2.01. The Bertz CT molecular complexity index is 528. The van der Waals surface area contributed by atoms with Gasteiger partial charge in [0.25, 0.3) is 0 Å². The van der Waals surface area contributed by atoms with E-state index >= 15 is 0 Å². The van der Waals surface area contributed by atoms with Crippen molar-refractivity contribution in [3.05, 3.63) is 59.1 Å². The molecule has 0 saturated carbocycles. The van der Waals surface area contributed by atoms with Gasteiger partial charge in [0.1, 0.15) is 5.75 Å². The molecule has 106 valence electrons. The number of rotatable bonds is 7. The van der Waals surface area contributed by atoms with E-state index in [1.807, 2.05) is 36.4 Å². The number of hydrogen-bond donors (Lipinski definition) is 1. The number of anilines is 1. The van der Waals surface area contributed by atoms with Crippen molar-refractivity contribution in [2.75, 3.05) is 18.5 Å². The quantitative estimate of drug-likeness (QED) is 0.740. The summed E-state index contributed by atoms with van der Waals surface area (Å²) in [5.74, 6) is 0.894. The lowest BCUT2D eigenvalue weighted by molar-refractivity contribution is 0.314. The first-order valence-corrected chi connectivity index (χ1v) is 7.37. The molecule has 0 spiro atoms. The van der Waals surface area contributed by atoms with Crippen LogP contribution in [0.25, 0.3) is 0 Å². The number of hydrogen-bond acceptors (Lipinski definition) is 2. The summed E-state index contributed by atoms with van der Waals surface area (Å²) in [7, 11) is 0. The van der Waals surface area contributed by atoms with E-state index in [1.54, 1.807) is 0 Å². The van der Waals surface area contributed by atoms with Gasteiger partial charge < -0.3 is 10.1 Å². The molecule has 0 heterocycles. The third-order valence-corrected chi connectivity index (χ3v) is 3.46. The molecular formula is C17H20ClNO. The van der Waals surface area contributed by atoms with Crippen molar-refractivity contribution < 1.29 is 4.74 Å². The number of benzene rings is 2. The zero-order valence-corrected chi connectivity index (χ0v) is 12.5. The maximum atomic E-state index is 6.08. The molecule has 0 unspecified atom stereocenters. The van der Waals surface area contributed by atoms with Gasteiger partial charge in [0.05, 0.1) is 6.61 Å². The minimum absolute atomic E-state index is 0.699. The van der Waals surface area contributed by atoms with E-state index in [9.17, 15) is 0 Å². The van der Waals surface area contributed by atoms with E-state index in [-0.39, 0.29) is 0 Å². The van der Waals surface area contributed by atoms with Gasteiger partial charge in [-0.3, -0.25) is 0 Å². The summed E-state index contributed by atoms with van der Waals surface area (Å²) in [6.07, 6.45) is 1.88. The summed E-state index contributed by atoms with van der Waals surface area (Å²) >= 11 is 6.08. The van der Waals surface area contributed by atoms with E-state index in [4.69, 9.17) is 16.3 Å². The second-order valence-electron chi connectivity index (χ2n) is 4.60. The fourth-order valence-electron chi connectivity index (χ4n) is 1.96. The molecule has 0 bridgehead atoms. The smallest absolute Gasteiger partial charge is 0.119 e. The van der Waals surface area contributed by atoms with Crippen LogP contribution < -0.4 is 10.1 Å². The van der Waals surface area contributed by atoms with Crippen LogP contribution >= 0.6 is 11.6 Å². The Kier molecular flexibility index (Phi) is 5.75. The third-order valence-electron chi connectivity index (χ3n) is 3.09.